The van der Waals surface area contributed by atoms with Crippen LogP contribution in [0.25, 0.3) is 0 Å². The van der Waals surface area contributed by atoms with Crippen molar-refractivity contribution in [2.75, 3.05) is 6.61 Å². The van der Waals surface area contributed by atoms with Crippen LogP contribution in [0.2, 0.25) is 0 Å². The molecule has 0 amide bonds. The number of rotatable bonds is 3. The normalized spacial score (nSPS) is 26.5. The zero-order valence-corrected chi connectivity index (χ0v) is 10.6. The quantitative estimate of drug-likeness (QED) is 0.464. The minimum atomic E-state index is -0.887. The minimum absolute atomic E-state index is 0.0138. The average Bonchev–Trinajstić information content (AvgIpc) is 2.69. The van der Waals surface area contributed by atoms with Crippen molar-refractivity contribution in [2.45, 2.75) is 24.9 Å². The third kappa shape index (κ3) is 2.59. The number of nitrogens with zero attached hydrogens (tertiary/aromatic N) is 1. The minimum Gasteiger partial charge on any atom is -0.394 e. The Kier molecular flexibility index (Phi) is 3.80. The first-order chi connectivity index (χ1) is 8.93. The highest BCUT2D eigenvalue weighted by Crippen LogP contribution is 2.27. The molecular weight excluding hydrogens is 274 g/mol. The van der Waals surface area contributed by atoms with E-state index in [-0.39, 0.29) is 23.6 Å². The van der Waals surface area contributed by atoms with E-state index in [9.17, 15) is 14.7 Å². The molecule has 9 heteroatoms. The Labute approximate surface area is 112 Å². The number of H-pyrrole nitrogens is 1. The zero-order valence-electron chi connectivity index (χ0n) is 9.78. The number of nitrogens with one attached hydrogen (secondary N) is 1. The van der Waals surface area contributed by atoms with E-state index in [0.29, 0.717) is 0 Å². The van der Waals surface area contributed by atoms with Crippen molar-refractivity contribution in [1.82, 2.24) is 9.55 Å². The molecule has 1 aliphatic heterocycles. The molecule has 0 radical (unpaired) electrons. The molecule has 0 spiro atoms. The molecule has 2 heterocycles. The van der Waals surface area contributed by atoms with E-state index in [1.807, 2.05) is 0 Å². The van der Waals surface area contributed by atoms with Crippen LogP contribution in [-0.4, -0.2) is 43.6 Å². The van der Waals surface area contributed by atoms with Crippen LogP contribution in [0.5, 0.6) is 0 Å². The van der Waals surface area contributed by atoms with Gasteiger partial charge in [-0.2, -0.15) is 0 Å². The first-order valence-corrected chi connectivity index (χ1v) is 5.94. The van der Waals surface area contributed by atoms with Crippen molar-refractivity contribution in [2.24, 2.45) is 5.73 Å². The van der Waals surface area contributed by atoms with Gasteiger partial charge in [0.2, 0.25) is 0 Å². The van der Waals surface area contributed by atoms with Gasteiger partial charge in [0.1, 0.15) is 17.3 Å². The molecule has 5 N–H and O–H groups in total. The fourth-order valence-corrected chi connectivity index (χ4v) is 2.07. The van der Waals surface area contributed by atoms with Gasteiger partial charge in [0.05, 0.1) is 18.3 Å². The van der Waals surface area contributed by atoms with Gasteiger partial charge < -0.3 is 20.7 Å². The number of aliphatic hydroxyl groups excluding tert-OH is 2. The van der Waals surface area contributed by atoms with E-state index in [1.165, 1.54) is 6.20 Å². The zero-order chi connectivity index (χ0) is 14.2. The maximum Gasteiger partial charge on any atom is 0.330 e. The lowest BCUT2D eigenvalue weighted by Crippen LogP contribution is -2.36. The van der Waals surface area contributed by atoms with E-state index >= 15 is 0 Å². The summed E-state index contributed by atoms with van der Waals surface area (Å²) in [7, 11) is 0. The molecule has 19 heavy (non-hydrogen) atoms. The lowest BCUT2D eigenvalue weighted by molar-refractivity contribution is -0.0459. The maximum atomic E-state index is 11.7. The molecule has 0 saturated carbocycles. The molecule has 104 valence electrons. The number of aromatic nitrogens is 2. The predicted molar refractivity (Wildman–Crippen MR) is 68.8 cm³/mol. The Morgan fingerprint density at radius 1 is 1.63 bits per heavy atom. The molecule has 0 aliphatic carbocycles. The SMILES string of the molecule is NC(=S)c1cn([C@@H]2C[C@@H](O)[C@H](CO)O2)c(=O)[nH]c1=O. The van der Waals surface area contributed by atoms with E-state index < -0.39 is 29.7 Å². The van der Waals surface area contributed by atoms with Crippen LogP contribution in [-0.2, 0) is 4.74 Å². The standard InChI is InChI=1S/C10H13N3O5S/c11-8(19)4-2-13(10(17)12-9(4)16)7-1-5(15)6(3-14)18-7/h2,5-7,14-15H,1,3H2,(H2,11,19)(H,12,16,17)/t5-,6+,7+/m1/s1. The van der Waals surface area contributed by atoms with Gasteiger partial charge in [-0.25, -0.2) is 4.79 Å². The Morgan fingerprint density at radius 2 is 2.32 bits per heavy atom. The fraction of sp³-hybridized carbons (Fsp3) is 0.500. The Balaban J connectivity index is 2.41. The highest BCUT2D eigenvalue weighted by molar-refractivity contribution is 7.80. The highest BCUT2D eigenvalue weighted by Gasteiger charge is 2.35. The van der Waals surface area contributed by atoms with Crippen LogP contribution >= 0.6 is 12.2 Å². The van der Waals surface area contributed by atoms with Gasteiger partial charge in [-0.05, 0) is 0 Å². The number of hydrogen-bond acceptors (Lipinski definition) is 6. The molecule has 1 fully saturated rings. The van der Waals surface area contributed by atoms with Crippen LogP contribution < -0.4 is 17.0 Å². The lowest BCUT2D eigenvalue weighted by Gasteiger charge is -2.15. The molecule has 1 aliphatic rings. The number of ether oxygens (including phenoxy) is 1. The smallest absolute Gasteiger partial charge is 0.330 e. The highest BCUT2D eigenvalue weighted by atomic mass is 32.1. The second-order valence-electron chi connectivity index (χ2n) is 4.19. The predicted octanol–water partition coefficient (Wildman–Crippen LogP) is -2.19. The van der Waals surface area contributed by atoms with Crippen LogP contribution in [0.4, 0.5) is 0 Å². The molecule has 0 aromatic carbocycles. The van der Waals surface area contributed by atoms with Gasteiger partial charge in [0, 0.05) is 12.6 Å². The Morgan fingerprint density at radius 3 is 2.84 bits per heavy atom. The molecule has 3 atom stereocenters. The molecule has 1 aromatic rings. The number of aromatic amines is 1. The molecule has 1 aromatic heterocycles. The summed E-state index contributed by atoms with van der Waals surface area (Å²) < 4.78 is 6.41. The summed E-state index contributed by atoms with van der Waals surface area (Å²) in [6.45, 7) is -0.363. The molecule has 0 bridgehead atoms. The lowest BCUT2D eigenvalue weighted by atomic mass is 10.2. The van der Waals surface area contributed by atoms with E-state index in [4.69, 9.17) is 27.8 Å². The van der Waals surface area contributed by atoms with Gasteiger partial charge in [0.15, 0.2) is 0 Å². The molecule has 1 saturated heterocycles. The summed E-state index contributed by atoms with van der Waals surface area (Å²) in [6, 6.07) is 0. The van der Waals surface area contributed by atoms with Crippen LogP contribution in [0.15, 0.2) is 15.8 Å². The summed E-state index contributed by atoms with van der Waals surface area (Å²) >= 11 is 4.71. The number of nitrogens with two attached hydrogens (primary N) is 1. The van der Waals surface area contributed by atoms with E-state index in [2.05, 4.69) is 4.98 Å². The van der Waals surface area contributed by atoms with Crippen LogP contribution in [0.3, 0.4) is 0 Å². The van der Waals surface area contributed by atoms with Crippen molar-refractivity contribution in [3.63, 3.8) is 0 Å². The second kappa shape index (κ2) is 5.21. The summed E-state index contributed by atoms with van der Waals surface area (Å²) in [6.07, 6.45) is -1.13. The molecular formula is C10H13N3O5S. The van der Waals surface area contributed by atoms with Crippen molar-refractivity contribution >= 4 is 17.2 Å². The van der Waals surface area contributed by atoms with Gasteiger partial charge >= 0.3 is 5.69 Å². The molecule has 8 nitrogen and oxygen atoms in total. The topological polar surface area (TPSA) is 131 Å². The molecule has 0 unspecified atom stereocenters. The number of aliphatic hydroxyl groups is 2. The summed E-state index contributed by atoms with van der Waals surface area (Å²) in [5, 5.41) is 18.6. The van der Waals surface area contributed by atoms with Gasteiger partial charge in [-0.15, -0.1) is 0 Å². The van der Waals surface area contributed by atoms with E-state index in [1.54, 1.807) is 0 Å². The van der Waals surface area contributed by atoms with Crippen LogP contribution in [0, 0.1) is 0 Å². The number of hydrogen-bond donors (Lipinski definition) is 4. The Bertz CT molecular complexity index is 610. The van der Waals surface area contributed by atoms with Gasteiger partial charge in [0.25, 0.3) is 5.56 Å². The summed E-state index contributed by atoms with van der Waals surface area (Å²) in [5.74, 6) is 0. The molecule has 2 rings (SSSR count). The summed E-state index contributed by atoms with van der Waals surface area (Å²) in [5.41, 5.74) is 4.00. The van der Waals surface area contributed by atoms with Gasteiger partial charge in [-0.1, -0.05) is 12.2 Å². The van der Waals surface area contributed by atoms with Crippen molar-refractivity contribution in [3.05, 3.63) is 32.6 Å². The summed E-state index contributed by atoms with van der Waals surface area (Å²) in [4.78, 5) is 25.1. The fourth-order valence-electron chi connectivity index (χ4n) is 1.92. The Hall–Kier alpha value is -1.55. The monoisotopic (exact) mass is 287 g/mol. The maximum absolute atomic E-state index is 11.7. The van der Waals surface area contributed by atoms with Crippen molar-refractivity contribution in [3.8, 4) is 0 Å². The largest absolute Gasteiger partial charge is 0.394 e. The third-order valence-electron chi connectivity index (χ3n) is 2.93. The van der Waals surface area contributed by atoms with Crippen LogP contribution in [0.1, 0.15) is 18.2 Å². The first-order valence-electron chi connectivity index (χ1n) is 5.53. The third-order valence-corrected chi connectivity index (χ3v) is 3.15. The van der Waals surface area contributed by atoms with Crippen molar-refractivity contribution < 1.29 is 14.9 Å². The average molecular weight is 287 g/mol. The first kappa shape index (κ1) is 13.9. The van der Waals surface area contributed by atoms with E-state index in [0.717, 1.165) is 4.57 Å². The van der Waals surface area contributed by atoms with Gasteiger partial charge in [-0.3, -0.25) is 14.3 Å². The van der Waals surface area contributed by atoms with Crippen molar-refractivity contribution in [1.29, 1.82) is 0 Å². The number of thiocarbonyl (C=S) groups is 1. The second-order valence-corrected chi connectivity index (χ2v) is 4.63.